The number of rotatable bonds is 5. The molecule has 0 bridgehead atoms. The van der Waals surface area contributed by atoms with E-state index in [0.717, 1.165) is 60.1 Å². The Morgan fingerprint density at radius 3 is 1.79 bits per heavy atom. The van der Waals surface area contributed by atoms with Gasteiger partial charge in [0.25, 0.3) is 0 Å². The van der Waals surface area contributed by atoms with Crippen molar-refractivity contribution >= 4 is 55.8 Å². The van der Waals surface area contributed by atoms with E-state index < -0.39 is 7.14 Å². The maximum Gasteiger partial charge on any atom is 0.171 e. The van der Waals surface area contributed by atoms with E-state index in [2.05, 4.69) is 91.0 Å². The average molecular weight is 571 g/mol. The van der Waals surface area contributed by atoms with Gasteiger partial charge in [0.1, 0.15) is 11.2 Å². The van der Waals surface area contributed by atoms with Crippen molar-refractivity contribution < 1.29 is 8.98 Å². The van der Waals surface area contributed by atoms with Crippen LogP contribution in [0.3, 0.4) is 0 Å². The van der Waals surface area contributed by atoms with E-state index in [-0.39, 0.29) is 0 Å². The zero-order valence-corrected chi connectivity index (χ0v) is 24.2. The van der Waals surface area contributed by atoms with E-state index in [4.69, 9.17) is 4.42 Å². The normalized spacial score (nSPS) is 11.8. The third kappa shape index (κ3) is 4.23. The third-order valence-electron chi connectivity index (χ3n) is 8.34. The second-order valence-electron chi connectivity index (χ2n) is 10.9. The second kappa shape index (κ2) is 10.3. The third-order valence-corrected chi connectivity index (χ3v) is 11.4. The van der Waals surface area contributed by atoms with Gasteiger partial charge in [0.2, 0.25) is 0 Å². The molecule has 0 atom stereocenters. The summed E-state index contributed by atoms with van der Waals surface area (Å²) in [6, 6.07) is 55.4. The van der Waals surface area contributed by atoms with Crippen molar-refractivity contribution in [3.8, 4) is 22.3 Å². The Labute approximate surface area is 250 Å². The zero-order valence-electron chi connectivity index (χ0n) is 23.4. The summed E-state index contributed by atoms with van der Waals surface area (Å²) in [5, 5.41) is 7.14. The highest BCUT2D eigenvalue weighted by molar-refractivity contribution is 7.85. The quantitative estimate of drug-likeness (QED) is 0.193. The molecule has 2 nitrogen and oxygen atoms in total. The van der Waals surface area contributed by atoms with Crippen LogP contribution in [0, 0.1) is 0 Å². The molecule has 204 valence electrons. The summed E-state index contributed by atoms with van der Waals surface area (Å²) in [5.74, 6) is 0. The highest BCUT2D eigenvalue weighted by atomic mass is 31.2. The van der Waals surface area contributed by atoms with Crippen molar-refractivity contribution in [2.45, 2.75) is 0 Å². The van der Waals surface area contributed by atoms with Crippen molar-refractivity contribution in [1.82, 2.24) is 0 Å². The topological polar surface area (TPSA) is 30.2 Å². The number of para-hydroxylation sites is 1. The van der Waals surface area contributed by atoms with Gasteiger partial charge < -0.3 is 8.98 Å². The summed E-state index contributed by atoms with van der Waals surface area (Å²) in [6.07, 6.45) is 0. The lowest BCUT2D eigenvalue weighted by atomic mass is 9.97. The summed E-state index contributed by atoms with van der Waals surface area (Å²) in [6.45, 7) is 0. The molecule has 0 aliphatic heterocycles. The van der Waals surface area contributed by atoms with Crippen LogP contribution >= 0.6 is 7.14 Å². The number of furan rings is 1. The number of fused-ring (bicyclic) bond motifs is 5. The van der Waals surface area contributed by atoms with Crippen LogP contribution in [-0.2, 0) is 4.57 Å². The van der Waals surface area contributed by atoms with E-state index in [1.165, 1.54) is 10.8 Å². The first-order chi connectivity index (χ1) is 21.2. The average Bonchev–Trinajstić information content (AvgIpc) is 3.48. The molecular weight excluding hydrogens is 543 g/mol. The standard InChI is InChI=1S/C40H27O2P/c41-43(32-16-3-1-4-17-32,33-18-5-2-6-19-33)34-20-10-14-30(27-34)29-13-9-15-31(26-29)36-22-11-23-37-39-35-21-8-7-12-28(35)24-25-38(39)42-40(36)37/h1-27H. The molecule has 7 aromatic carbocycles. The summed E-state index contributed by atoms with van der Waals surface area (Å²) in [5.41, 5.74) is 5.99. The van der Waals surface area contributed by atoms with E-state index in [9.17, 15) is 0 Å². The van der Waals surface area contributed by atoms with Gasteiger partial charge in [0.05, 0.1) is 0 Å². The fraction of sp³-hybridized carbons (Fsp3) is 0. The van der Waals surface area contributed by atoms with Crippen LogP contribution in [-0.4, -0.2) is 0 Å². The Balaban J connectivity index is 1.27. The first-order valence-electron chi connectivity index (χ1n) is 14.5. The van der Waals surface area contributed by atoms with Crippen molar-refractivity contribution in [3.05, 3.63) is 164 Å². The van der Waals surface area contributed by atoms with Crippen molar-refractivity contribution in [2.24, 2.45) is 0 Å². The van der Waals surface area contributed by atoms with E-state index in [0.29, 0.717) is 0 Å². The largest absolute Gasteiger partial charge is 0.455 e. The smallest absolute Gasteiger partial charge is 0.171 e. The molecule has 0 N–H and O–H groups in total. The molecule has 1 heterocycles. The molecule has 0 spiro atoms. The lowest BCUT2D eigenvalue weighted by Gasteiger charge is -2.20. The molecule has 3 heteroatoms. The fourth-order valence-corrected chi connectivity index (χ4v) is 8.96. The van der Waals surface area contributed by atoms with Crippen LogP contribution in [0.5, 0.6) is 0 Å². The fourth-order valence-electron chi connectivity index (χ4n) is 6.27. The van der Waals surface area contributed by atoms with Gasteiger partial charge >= 0.3 is 0 Å². The zero-order chi connectivity index (χ0) is 28.8. The Bertz CT molecular complexity index is 2270. The van der Waals surface area contributed by atoms with Crippen molar-refractivity contribution in [2.75, 3.05) is 0 Å². The molecule has 0 radical (unpaired) electrons. The minimum atomic E-state index is -3.08. The highest BCUT2D eigenvalue weighted by Gasteiger charge is 2.29. The minimum absolute atomic E-state index is 0.819. The maximum absolute atomic E-state index is 15.0. The van der Waals surface area contributed by atoms with Crippen LogP contribution < -0.4 is 15.9 Å². The maximum atomic E-state index is 15.0. The van der Waals surface area contributed by atoms with E-state index >= 15 is 4.57 Å². The summed E-state index contributed by atoms with van der Waals surface area (Å²) < 4.78 is 21.5. The van der Waals surface area contributed by atoms with Crippen LogP contribution in [0.1, 0.15) is 0 Å². The number of hydrogen-bond donors (Lipinski definition) is 0. The van der Waals surface area contributed by atoms with Crippen molar-refractivity contribution in [3.63, 3.8) is 0 Å². The van der Waals surface area contributed by atoms with Gasteiger partial charge in [-0.25, -0.2) is 0 Å². The van der Waals surface area contributed by atoms with Gasteiger partial charge in [-0.1, -0.05) is 146 Å². The monoisotopic (exact) mass is 570 g/mol. The summed E-state index contributed by atoms with van der Waals surface area (Å²) in [7, 11) is -3.08. The first kappa shape index (κ1) is 25.5. The molecule has 43 heavy (non-hydrogen) atoms. The molecule has 8 rings (SSSR count). The lowest BCUT2D eigenvalue weighted by Crippen LogP contribution is -2.25. The molecule has 8 aromatic rings. The molecule has 0 amide bonds. The van der Waals surface area contributed by atoms with Crippen LogP contribution in [0.15, 0.2) is 168 Å². The van der Waals surface area contributed by atoms with Crippen LogP contribution in [0.2, 0.25) is 0 Å². The number of hydrogen-bond acceptors (Lipinski definition) is 2. The molecule has 0 saturated heterocycles. The van der Waals surface area contributed by atoms with E-state index in [1.807, 2.05) is 72.8 Å². The minimum Gasteiger partial charge on any atom is -0.455 e. The Morgan fingerprint density at radius 2 is 1.02 bits per heavy atom. The SMILES string of the molecule is O=P(c1ccccc1)(c1ccccc1)c1cccc(-c2cccc(-c3cccc4c3oc3ccc5ccccc5c34)c2)c1. The second-order valence-corrected chi connectivity index (χ2v) is 13.6. The molecule has 0 unspecified atom stereocenters. The molecule has 1 aromatic heterocycles. The predicted octanol–water partition coefficient (Wildman–Crippen LogP) is 9.71. The van der Waals surface area contributed by atoms with E-state index in [1.54, 1.807) is 0 Å². The van der Waals surface area contributed by atoms with Crippen LogP contribution in [0.25, 0.3) is 55.0 Å². The predicted molar refractivity (Wildman–Crippen MR) is 181 cm³/mol. The molecule has 0 aliphatic carbocycles. The molecule has 0 aliphatic rings. The Morgan fingerprint density at radius 1 is 0.442 bits per heavy atom. The van der Waals surface area contributed by atoms with Gasteiger partial charge in [-0.15, -0.1) is 0 Å². The van der Waals surface area contributed by atoms with Gasteiger partial charge in [-0.05, 0) is 45.7 Å². The summed E-state index contributed by atoms with van der Waals surface area (Å²) >= 11 is 0. The molecule has 0 saturated carbocycles. The van der Waals surface area contributed by atoms with Crippen LogP contribution in [0.4, 0.5) is 0 Å². The van der Waals surface area contributed by atoms with Gasteiger partial charge in [-0.3, -0.25) is 0 Å². The molecular formula is C40H27O2P. The summed E-state index contributed by atoms with van der Waals surface area (Å²) in [4.78, 5) is 0. The Hall–Kier alpha value is -5.17. The van der Waals surface area contributed by atoms with Crippen molar-refractivity contribution in [1.29, 1.82) is 0 Å². The molecule has 0 fully saturated rings. The highest BCUT2D eigenvalue weighted by Crippen LogP contribution is 2.43. The first-order valence-corrected chi connectivity index (χ1v) is 16.2. The lowest BCUT2D eigenvalue weighted by molar-refractivity contribution is 0.592. The van der Waals surface area contributed by atoms with Gasteiger partial charge in [-0.2, -0.15) is 0 Å². The Kier molecular flexibility index (Phi) is 6.10. The van der Waals surface area contributed by atoms with Gasteiger partial charge in [0.15, 0.2) is 7.14 Å². The van der Waals surface area contributed by atoms with Gasteiger partial charge in [0, 0.05) is 32.2 Å². The number of benzene rings is 7.